The fourth-order valence-electron chi connectivity index (χ4n) is 3.47. The van der Waals surface area contributed by atoms with Gasteiger partial charge in [-0.2, -0.15) is 0 Å². The number of anilines is 1. The van der Waals surface area contributed by atoms with E-state index in [1.165, 1.54) is 5.69 Å². The van der Waals surface area contributed by atoms with E-state index in [2.05, 4.69) is 46.7 Å². The summed E-state index contributed by atoms with van der Waals surface area (Å²) in [5, 5.41) is 6.92. The first kappa shape index (κ1) is 24.8. The Balaban J connectivity index is 0.00000341. The molecule has 168 valence electrons. The lowest BCUT2D eigenvalue weighted by Crippen LogP contribution is -2.44. The molecule has 4 N–H and O–H groups in total. The predicted octanol–water partition coefficient (Wildman–Crippen LogP) is 2.55. The number of nitrogens with zero attached hydrogens (tertiary/aromatic N) is 2. The largest absolute Gasteiger partial charge is 0.484 e. The summed E-state index contributed by atoms with van der Waals surface area (Å²) < 4.78 is 5.29. The van der Waals surface area contributed by atoms with Gasteiger partial charge in [0.1, 0.15) is 5.75 Å². The SMILES string of the molecule is CCNC(=NCCc1ccc(OCC(N)=O)cc1)NC1CCN(c2ccccc2)C1.I. The van der Waals surface area contributed by atoms with Crippen LogP contribution in [0.1, 0.15) is 18.9 Å². The van der Waals surface area contributed by atoms with Crippen molar-refractivity contribution in [1.29, 1.82) is 0 Å². The maximum Gasteiger partial charge on any atom is 0.255 e. The number of ether oxygens (including phenoxy) is 1. The first-order valence-electron chi connectivity index (χ1n) is 10.5. The second-order valence-electron chi connectivity index (χ2n) is 7.32. The van der Waals surface area contributed by atoms with Crippen molar-refractivity contribution in [1.82, 2.24) is 10.6 Å². The molecule has 7 nitrogen and oxygen atoms in total. The van der Waals surface area contributed by atoms with Crippen LogP contribution in [0.15, 0.2) is 59.6 Å². The zero-order valence-corrected chi connectivity index (χ0v) is 20.3. The van der Waals surface area contributed by atoms with E-state index in [1.54, 1.807) is 0 Å². The van der Waals surface area contributed by atoms with Crippen LogP contribution >= 0.6 is 24.0 Å². The number of primary amides is 1. The number of nitrogens with one attached hydrogen (secondary N) is 2. The van der Waals surface area contributed by atoms with Crippen LogP contribution in [0.4, 0.5) is 5.69 Å². The Kier molecular flexibility index (Phi) is 10.4. The number of halogens is 1. The van der Waals surface area contributed by atoms with Gasteiger partial charge in [0, 0.05) is 37.9 Å². The fraction of sp³-hybridized carbons (Fsp3) is 0.391. The van der Waals surface area contributed by atoms with Crippen LogP contribution < -0.4 is 26.0 Å². The van der Waals surface area contributed by atoms with Crippen molar-refractivity contribution < 1.29 is 9.53 Å². The average Bonchev–Trinajstić information content (AvgIpc) is 3.22. The van der Waals surface area contributed by atoms with Gasteiger partial charge in [-0.1, -0.05) is 30.3 Å². The molecule has 1 aliphatic rings. The number of para-hydroxylation sites is 1. The number of guanidine groups is 1. The molecule has 0 spiro atoms. The molecule has 8 heteroatoms. The molecule has 3 rings (SSSR count). The van der Waals surface area contributed by atoms with Crippen molar-refractivity contribution in [3.05, 3.63) is 60.2 Å². The van der Waals surface area contributed by atoms with E-state index in [0.29, 0.717) is 18.3 Å². The van der Waals surface area contributed by atoms with Crippen LogP contribution in [0, 0.1) is 0 Å². The summed E-state index contributed by atoms with van der Waals surface area (Å²) in [4.78, 5) is 17.9. The van der Waals surface area contributed by atoms with Gasteiger partial charge < -0.3 is 26.0 Å². The number of carbonyl (C=O) groups is 1. The molecule has 0 saturated carbocycles. The van der Waals surface area contributed by atoms with Crippen LogP contribution in [0.2, 0.25) is 0 Å². The highest BCUT2D eigenvalue weighted by Gasteiger charge is 2.23. The molecule has 31 heavy (non-hydrogen) atoms. The van der Waals surface area contributed by atoms with Crippen molar-refractivity contribution in [2.75, 3.05) is 37.7 Å². The number of rotatable bonds is 9. The normalized spacial score (nSPS) is 15.8. The Bertz CT molecular complexity index is 830. The van der Waals surface area contributed by atoms with Crippen molar-refractivity contribution in [3.8, 4) is 5.75 Å². The summed E-state index contributed by atoms with van der Waals surface area (Å²) >= 11 is 0. The molecule has 1 fully saturated rings. The molecule has 0 radical (unpaired) electrons. The summed E-state index contributed by atoms with van der Waals surface area (Å²) in [7, 11) is 0. The van der Waals surface area contributed by atoms with Gasteiger partial charge in [-0.3, -0.25) is 9.79 Å². The molecule has 2 aromatic rings. The van der Waals surface area contributed by atoms with Gasteiger partial charge in [0.2, 0.25) is 0 Å². The average molecular weight is 537 g/mol. The van der Waals surface area contributed by atoms with Crippen molar-refractivity contribution in [2.24, 2.45) is 10.7 Å². The molecule has 0 aliphatic carbocycles. The number of benzene rings is 2. The molecular formula is C23H32IN5O2. The molecule has 0 bridgehead atoms. The molecule has 2 aromatic carbocycles. The van der Waals surface area contributed by atoms with E-state index < -0.39 is 5.91 Å². The fourth-order valence-corrected chi connectivity index (χ4v) is 3.47. The number of carbonyl (C=O) groups excluding carboxylic acids is 1. The molecule has 0 aromatic heterocycles. The van der Waals surface area contributed by atoms with Gasteiger partial charge in [0.05, 0.1) is 0 Å². The van der Waals surface area contributed by atoms with Gasteiger partial charge in [-0.05, 0) is 49.6 Å². The Hall–Kier alpha value is -2.49. The molecule has 1 saturated heterocycles. The topological polar surface area (TPSA) is 92.0 Å². The summed E-state index contributed by atoms with van der Waals surface area (Å²) in [5.74, 6) is 1.02. The standard InChI is InChI=1S/C23H31N5O2.HI/c1-2-25-23(27-19-13-15-28(16-19)20-6-4-3-5-7-20)26-14-12-18-8-10-21(11-9-18)30-17-22(24)29;/h3-11,19H,2,12-17H2,1H3,(H2,24,29)(H2,25,26,27);1H. The smallest absolute Gasteiger partial charge is 0.255 e. The van der Waals surface area contributed by atoms with Gasteiger partial charge in [0.25, 0.3) is 5.91 Å². The molecule has 1 unspecified atom stereocenters. The lowest BCUT2D eigenvalue weighted by molar-refractivity contribution is -0.119. The zero-order chi connectivity index (χ0) is 21.2. The third-order valence-corrected chi connectivity index (χ3v) is 4.97. The van der Waals surface area contributed by atoms with Crippen LogP contribution in [0.3, 0.4) is 0 Å². The Morgan fingerprint density at radius 2 is 1.94 bits per heavy atom. The summed E-state index contributed by atoms with van der Waals surface area (Å²) in [6, 6.07) is 18.6. The second kappa shape index (κ2) is 13.0. The van der Waals surface area contributed by atoms with Gasteiger partial charge in [0.15, 0.2) is 12.6 Å². The summed E-state index contributed by atoms with van der Waals surface area (Å²) in [5.41, 5.74) is 7.53. The number of hydrogen-bond acceptors (Lipinski definition) is 4. The number of hydrogen-bond donors (Lipinski definition) is 3. The number of aliphatic imine (C=N–C) groups is 1. The van der Waals surface area contributed by atoms with E-state index in [9.17, 15) is 4.79 Å². The van der Waals surface area contributed by atoms with E-state index in [0.717, 1.165) is 44.0 Å². The lowest BCUT2D eigenvalue weighted by Gasteiger charge is -2.20. The van der Waals surface area contributed by atoms with Gasteiger partial charge >= 0.3 is 0 Å². The van der Waals surface area contributed by atoms with Crippen LogP contribution in [-0.4, -0.2) is 50.7 Å². The van der Waals surface area contributed by atoms with E-state index in [4.69, 9.17) is 15.5 Å². The minimum atomic E-state index is -0.481. The highest BCUT2D eigenvalue weighted by Crippen LogP contribution is 2.19. The Morgan fingerprint density at radius 1 is 1.19 bits per heavy atom. The maximum absolute atomic E-state index is 10.8. The molecule has 1 heterocycles. The minimum Gasteiger partial charge on any atom is -0.484 e. The van der Waals surface area contributed by atoms with Crippen LogP contribution in [0.5, 0.6) is 5.75 Å². The summed E-state index contributed by atoms with van der Waals surface area (Å²) in [6.07, 6.45) is 1.92. The third-order valence-electron chi connectivity index (χ3n) is 4.97. The minimum absolute atomic E-state index is 0. The van der Waals surface area contributed by atoms with E-state index in [1.807, 2.05) is 30.3 Å². The molecule has 1 atom stereocenters. The van der Waals surface area contributed by atoms with E-state index >= 15 is 0 Å². The van der Waals surface area contributed by atoms with Crippen molar-refractivity contribution >= 4 is 41.5 Å². The van der Waals surface area contributed by atoms with Gasteiger partial charge in [-0.25, -0.2) is 0 Å². The second-order valence-corrected chi connectivity index (χ2v) is 7.32. The van der Waals surface area contributed by atoms with Crippen LogP contribution in [-0.2, 0) is 11.2 Å². The lowest BCUT2D eigenvalue weighted by atomic mass is 10.1. The Labute approximate surface area is 201 Å². The molecular weight excluding hydrogens is 505 g/mol. The Morgan fingerprint density at radius 3 is 2.61 bits per heavy atom. The monoisotopic (exact) mass is 537 g/mol. The van der Waals surface area contributed by atoms with E-state index in [-0.39, 0.29) is 30.6 Å². The van der Waals surface area contributed by atoms with Crippen LogP contribution in [0.25, 0.3) is 0 Å². The first-order chi connectivity index (χ1) is 14.6. The predicted molar refractivity (Wildman–Crippen MR) is 136 cm³/mol. The van der Waals surface area contributed by atoms with Crippen molar-refractivity contribution in [2.45, 2.75) is 25.8 Å². The first-order valence-corrected chi connectivity index (χ1v) is 10.5. The van der Waals surface area contributed by atoms with Gasteiger partial charge in [-0.15, -0.1) is 24.0 Å². The highest BCUT2D eigenvalue weighted by molar-refractivity contribution is 14.0. The van der Waals surface area contributed by atoms with Crippen molar-refractivity contribution in [3.63, 3.8) is 0 Å². The highest BCUT2D eigenvalue weighted by atomic mass is 127. The third kappa shape index (κ3) is 8.28. The number of amides is 1. The maximum atomic E-state index is 10.8. The quantitative estimate of drug-likeness (QED) is 0.260. The molecule has 1 amide bonds. The zero-order valence-electron chi connectivity index (χ0n) is 17.9. The summed E-state index contributed by atoms with van der Waals surface area (Å²) in [6.45, 7) is 5.50. The number of nitrogens with two attached hydrogens (primary N) is 1. The molecule has 1 aliphatic heterocycles.